The molecule has 0 bridgehead atoms. The van der Waals surface area contributed by atoms with Crippen LogP contribution in [-0.4, -0.2) is 55.2 Å². The van der Waals surface area contributed by atoms with Crippen LogP contribution in [0.15, 0.2) is 12.3 Å². The Morgan fingerprint density at radius 3 is 2.53 bits per heavy atom. The van der Waals surface area contributed by atoms with Gasteiger partial charge < -0.3 is 10.0 Å². The van der Waals surface area contributed by atoms with Crippen LogP contribution in [0.3, 0.4) is 0 Å². The summed E-state index contributed by atoms with van der Waals surface area (Å²) in [6, 6.07) is 1.42. The quantitative estimate of drug-likeness (QED) is 0.834. The highest BCUT2D eigenvalue weighted by molar-refractivity contribution is 7.88. The van der Waals surface area contributed by atoms with Crippen molar-refractivity contribution in [1.29, 1.82) is 0 Å². The molecule has 106 valence electrons. The summed E-state index contributed by atoms with van der Waals surface area (Å²) in [5.41, 5.74) is 0.190. The number of sulfonamides is 1. The van der Waals surface area contributed by atoms with Crippen molar-refractivity contribution in [2.24, 2.45) is 0 Å². The van der Waals surface area contributed by atoms with E-state index in [4.69, 9.17) is 5.11 Å². The van der Waals surface area contributed by atoms with Crippen LogP contribution < -0.4 is 4.90 Å². The average molecular weight is 289 g/mol. The molecule has 0 spiro atoms. The Labute approximate surface area is 111 Å². The molecule has 0 atom stereocenters. The number of aliphatic hydroxyl groups excluding tert-OH is 1. The molecule has 2 rings (SSSR count). The van der Waals surface area contributed by atoms with Crippen molar-refractivity contribution in [3.63, 3.8) is 0 Å². The van der Waals surface area contributed by atoms with Gasteiger partial charge in [-0.2, -0.15) is 4.31 Å². The molecule has 19 heavy (non-hydrogen) atoms. The van der Waals surface area contributed by atoms with Crippen LogP contribution in [0.25, 0.3) is 0 Å². The number of aliphatic hydroxyl groups is 1. The van der Waals surface area contributed by atoms with E-state index in [-0.39, 0.29) is 18.0 Å². The van der Waals surface area contributed by atoms with Crippen molar-refractivity contribution in [1.82, 2.24) is 9.29 Å². The number of pyridine rings is 1. The van der Waals surface area contributed by atoms with E-state index in [9.17, 15) is 12.8 Å². The molecule has 2 heterocycles. The fourth-order valence-electron chi connectivity index (χ4n) is 2.05. The van der Waals surface area contributed by atoms with Gasteiger partial charge in [0.2, 0.25) is 10.0 Å². The third-order valence-corrected chi connectivity index (χ3v) is 4.43. The summed E-state index contributed by atoms with van der Waals surface area (Å²) in [5.74, 6) is -0.377. The standard InChI is InChI=1S/C11H16FN3O3S/c1-19(17,18)15-6-4-14(5-7-15)11-10(12)9(8-16)2-3-13-11/h2-3,16H,4-8H2,1H3. The summed E-state index contributed by atoms with van der Waals surface area (Å²) in [7, 11) is -3.20. The van der Waals surface area contributed by atoms with E-state index < -0.39 is 15.8 Å². The molecular formula is C11H16FN3O3S. The van der Waals surface area contributed by atoms with Gasteiger partial charge in [0.25, 0.3) is 0 Å². The van der Waals surface area contributed by atoms with Crippen LogP contribution in [0.2, 0.25) is 0 Å². The van der Waals surface area contributed by atoms with Crippen molar-refractivity contribution in [3.8, 4) is 0 Å². The van der Waals surface area contributed by atoms with Gasteiger partial charge in [0.05, 0.1) is 12.9 Å². The first-order chi connectivity index (χ1) is 8.93. The molecular weight excluding hydrogens is 273 g/mol. The number of rotatable bonds is 3. The fourth-order valence-corrected chi connectivity index (χ4v) is 2.87. The molecule has 1 aliphatic rings. The average Bonchev–Trinajstić information content (AvgIpc) is 2.38. The van der Waals surface area contributed by atoms with Crippen LogP contribution in [0, 0.1) is 5.82 Å². The normalized spacial score (nSPS) is 17.7. The van der Waals surface area contributed by atoms with E-state index >= 15 is 0 Å². The molecule has 0 radical (unpaired) electrons. The van der Waals surface area contributed by atoms with Gasteiger partial charge in [-0.15, -0.1) is 0 Å². The van der Waals surface area contributed by atoms with Crippen LogP contribution in [0.4, 0.5) is 10.2 Å². The summed E-state index contributed by atoms with van der Waals surface area (Å²) in [4.78, 5) is 5.66. The van der Waals surface area contributed by atoms with Crippen LogP contribution in [0.1, 0.15) is 5.56 Å². The Morgan fingerprint density at radius 2 is 2.00 bits per heavy atom. The third-order valence-electron chi connectivity index (χ3n) is 3.13. The maximum Gasteiger partial charge on any atom is 0.211 e. The first-order valence-electron chi connectivity index (χ1n) is 5.88. The number of aromatic nitrogens is 1. The molecule has 1 aromatic rings. The lowest BCUT2D eigenvalue weighted by atomic mass is 10.2. The van der Waals surface area contributed by atoms with E-state index in [1.807, 2.05) is 0 Å². The minimum atomic E-state index is -3.20. The first kappa shape index (κ1) is 14.2. The molecule has 1 fully saturated rings. The Balaban J connectivity index is 2.14. The predicted octanol–water partition coefficient (Wildman–Crippen LogP) is -0.205. The molecule has 1 saturated heterocycles. The van der Waals surface area contributed by atoms with Gasteiger partial charge in [0.1, 0.15) is 0 Å². The number of halogens is 1. The number of hydrogen-bond acceptors (Lipinski definition) is 5. The van der Waals surface area contributed by atoms with Gasteiger partial charge in [-0.25, -0.2) is 17.8 Å². The second-order valence-electron chi connectivity index (χ2n) is 4.41. The van der Waals surface area contributed by atoms with Gasteiger partial charge >= 0.3 is 0 Å². The van der Waals surface area contributed by atoms with E-state index in [0.717, 1.165) is 6.26 Å². The predicted molar refractivity (Wildman–Crippen MR) is 68.7 cm³/mol. The molecule has 1 aromatic heterocycles. The zero-order chi connectivity index (χ0) is 14.0. The van der Waals surface area contributed by atoms with E-state index in [1.165, 1.54) is 16.6 Å². The number of nitrogens with zero attached hydrogens (tertiary/aromatic N) is 3. The largest absolute Gasteiger partial charge is 0.392 e. The molecule has 0 aliphatic carbocycles. The van der Waals surface area contributed by atoms with Crippen LogP contribution >= 0.6 is 0 Å². The maximum atomic E-state index is 14.0. The van der Waals surface area contributed by atoms with Crippen LogP contribution in [-0.2, 0) is 16.6 Å². The third kappa shape index (κ3) is 3.02. The molecule has 1 aliphatic heterocycles. The highest BCUT2D eigenvalue weighted by Gasteiger charge is 2.25. The zero-order valence-electron chi connectivity index (χ0n) is 10.6. The van der Waals surface area contributed by atoms with Gasteiger partial charge in [-0.05, 0) is 6.07 Å². The molecule has 8 heteroatoms. The van der Waals surface area contributed by atoms with E-state index in [0.29, 0.717) is 26.2 Å². The summed E-state index contributed by atoms with van der Waals surface area (Å²) in [6.07, 6.45) is 2.60. The summed E-state index contributed by atoms with van der Waals surface area (Å²) >= 11 is 0. The Hall–Kier alpha value is -1.25. The van der Waals surface area contributed by atoms with Gasteiger partial charge in [0.15, 0.2) is 11.6 Å². The Morgan fingerprint density at radius 1 is 1.37 bits per heavy atom. The van der Waals surface area contributed by atoms with Crippen molar-refractivity contribution in [2.45, 2.75) is 6.61 Å². The second kappa shape index (κ2) is 5.40. The molecule has 0 unspecified atom stereocenters. The summed E-state index contributed by atoms with van der Waals surface area (Å²) in [6.45, 7) is 0.995. The molecule has 0 saturated carbocycles. The molecule has 0 amide bonds. The highest BCUT2D eigenvalue weighted by atomic mass is 32.2. The monoisotopic (exact) mass is 289 g/mol. The Kier molecular flexibility index (Phi) is 4.02. The Bertz CT molecular complexity index is 556. The highest BCUT2D eigenvalue weighted by Crippen LogP contribution is 2.21. The van der Waals surface area contributed by atoms with E-state index in [2.05, 4.69) is 4.98 Å². The van der Waals surface area contributed by atoms with Crippen LogP contribution in [0.5, 0.6) is 0 Å². The minimum absolute atomic E-state index is 0.166. The lowest BCUT2D eigenvalue weighted by Crippen LogP contribution is -2.48. The SMILES string of the molecule is CS(=O)(=O)N1CCN(c2nccc(CO)c2F)CC1. The summed E-state index contributed by atoms with van der Waals surface area (Å²) in [5, 5.41) is 9.02. The number of hydrogen-bond donors (Lipinski definition) is 1. The van der Waals surface area contributed by atoms with Crippen molar-refractivity contribution in [3.05, 3.63) is 23.6 Å². The van der Waals surface area contributed by atoms with E-state index in [1.54, 1.807) is 4.90 Å². The van der Waals surface area contributed by atoms with Crippen molar-refractivity contribution in [2.75, 3.05) is 37.3 Å². The lowest BCUT2D eigenvalue weighted by molar-refractivity contribution is 0.275. The lowest BCUT2D eigenvalue weighted by Gasteiger charge is -2.34. The van der Waals surface area contributed by atoms with Gasteiger partial charge in [-0.1, -0.05) is 0 Å². The smallest absolute Gasteiger partial charge is 0.211 e. The minimum Gasteiger partial charge on any atom is -0.392 e. The number of piperazine rings is 1. The molecule has 0 aromatic carbocycles. The van der Waals surface area contributed by atoms with Crippen molar-refractivity contribution < 1.29 is 17.9 Å². The second-order valence-corrected chi connectivity index (χ2v) is 6.40. The topological polar surface area (TPSA) is 73.7 Å². The number of anilines is 1. The zero-order valence-corrected chi connectivity index (χ0v) is 11.4. The van der Waals surface area contributed by atoms with Gasteiger partial charge in [0, 0.05) is 37.9 Å². The molecule has 6 nitrogen and oxygen atoms in total. The fraction of sp³-hybridized carbons (Fsp3) is 0.545. The first-order valence-corrected chi connectivity index (χ1v) is 7.72. The van der Waals surface area contributed by atoms with Crippen molar-refractivity contribution >= 4 is 15.8 Å². The summed E-state index contributed by atoms with van der Waals surface area (Å²) < 4.78 is 38.1. The van der Waals surface area contributed by atoms with Gasteiger partial charge in [-0.3, -0.25) is 0 Å². The maximum absolute atomic E-state index is 14.0. The molecule has 1 N–H and O–H groups in total.